The molecule has 0 atom stereocenters. The summed E-state index contributed by atoms with van der Waals surface area (Å²) in [5.74, 6) is 0.889. The lowest BCUT2D eigenvalue weighted by Gasteiger charge is -2.04. The van der Waals surface area contributed by atoms with Crippen molar-refractivity contribution in [2.75, 3.05) is 5.32 Å². The van der Waals surface area contributed by atoms with Crippen molar-refractivity contribution in [3.05, 3.63) is 41.6 Å². The van der Waals surface area contributed by atoms with Crippen molar-refractivity contribution in [2.24, 2.45) is 0 Å². The van der Waals surface area contributed by atoms with E-state index in [2.05, 4.69) is 15.5 Å². The first-order valence-electron chi connectivity index (χ1n) is 4.48. The number of halogens is 1. The standard InChI is InChI=1S/C10H8ClN3O2/c11-7-1-3-8(4-2-7)16-10(15)13-9-5-6-12-14-9/h1-6H,(H2,12,13,14,15). The highest BCUT2D eigenvalue weighted by Crippen LogP contribution is 2.15. The highest BCUT2D eigenvalue weighted by Gasteiger charge is 2.05. The molecule has 0 aliphatic rings. The maximum Gasteiger partial charge on any atom is 0.418 e. The number of ether oxygens (including phenoxy) is 1. The van der Waals surface area contributed by atoms with E-state index in [4.69, 9.17) is 16.3 Å². The molecule has 0 spiro atoms. The molecule has 1 aromatic heterocycles. The van der Waals surface area contributed by atoms with Crippen LogP contribution in [-0.4, -0.2) is 16.3 Å². The van der Waals surface area contributed by atoms with Gasteiger partial charge in [-0.1, -0.05) is 11.6 Å². The van der Waals surface area contributed by atoms with Crippen LogP contribution in [0, 0.1) is 0 Å². The maximum atomic E-state index is 11.4. The maximum absolute atomic E-state index is 11.4. The highest BCUT2D eigenvalue weighted by molar-refractivity contribution is 6.30. The Bertz CT molecular complexity index is 467. The molecule has 0 aliphatic heterocycles. The molecule has 0 unspecified atom stereocenters. The van der Waals surface area contributed by atoms with Crippen LogP contribution in [0.4, 0.5) is 10.6 Å². The van der Waals surface area contributed by atoms with Gasteiger partial charge in [0.1, 0.15) is 11.6 Å². The van der Waals surface area contributed by atoms with Crippen molar-refractivity contribution >= 4 is 23.5 Å². The fourth-order valence-corrected chi connectivity index (χ4v) is 1.20. The number of aromatic nitrogens is 2. The number of benzene rings is 1. The van der Waals surface area contributed by atoms with Crippen molar-refractivity contribution in [2.45, 2.75) is 0 Å². The number of nitrogens with one attached hydrogen (secondary N) is 2. The van der Waals surface area contributed by atoms with Crippen molar-refractivity contribution < 1.29 is 9.53 Å². The van der Waals surface area contributed by atoms with Gasteiger partial charge in [0.25, 0.3) is 0 Å². The number of carbonyl (C=O) groups excluding carboxylic acids is 1. The van der Waals surface area contributed by atoms with E-state index in [1.807, 2.05) is 0 Å². The Morgan fingerprint density at radius 2 is 2.06 bits per heavy atom. The second-order valence-electron chi connectivity index (χ2n) is 2.94. The predicted molar refractivity (Wildman–Crippen MR) is 59.7 cm³/mol. The summed E-state index contributed by atoms with van der Waals surface area (Å²) in [6.45, 7) is 0. The number of rotatable bonds is 2. The first-order valence-corrected chi connectivity index (χ1v) is 4.85. The zero-order chi connectivity index (χ0) is 11.4. The third-order valence-electron chi connectivity index (χ3n) is 1.76. The molecule has 2 rings (SSSR count). The molecular weight excluding hydrogens is 230 g/mol. The van der Waals surface area contributed by atoms with E-state index < -0.39 is 6.09 Å². The molecule has 0 bridgehead atoms. The van der Waals surface area contributed by atoms with Gasteiger partial charge in [-0.05, 0) is 24.3 Å². The van der Waals surface area contributed by atoms with Gasteiger partial charge in [0, 0.05) is 11.1 Å². The molecule has 1 amide bonds. The topological polar surface area (TPSA) is 67.0 Å². The molecule has 1 aromatic carbocycles. The number of aromatic amines is 1. The molecular formula is C10H8ClN3O2. The van der Waals surface area contributed by atoms with Crippen LogP contribution in [-0.2, 0) is 0 Å². The quantitative estimate of drug-likeness (QED) is 0.844. The average Bonchev–Trinajstić information content (AvgIpc) is 2.74. The average molecular weight is 238 g/mol. The summed E-state index contributed by atoms with van der Waals surface area (Å²) in [5.41, 5.74) is 0. The zero-order valence-electron chi connectivity index (χ0n) is 8.11. The van der Waals surface area contributed by atoms with Gasteiger partial charge in [0.05, 0.1) is 6.20 Å². The van der Waals surface area contributed by atoms with Gasteiger partial charge in [0.15, 0.2) is 0 Å². The van der Waals surface area contributed by atoms with Crippen molar-refractivity contribution in [1.29, 1.82) is 0 Å². The highest BCUT2D eigenvalue weighted by atomic mass is 35.5. The van der Waals surface area contributed by atoms with Crippen LogP contribution in [0.3, 0.4) is 0 Å². The van der Waals surface area contributed by atoms with Crippen LogP contribution >= 0.6 is 11.6 Å². The lowest BCUT2D eigenvalue weighted by Crippen LogP contribution is -2.16. The number of amides is 1. The number of anilines is 1. The monoisotopic (exact) mass is 237 g/mol. The van der Waals surface area contributed by atoms with Crippen LogP contribution in [0.2, 0.25) is 5.02 Å². The fraction of sp³-hybridized carbons (Fsp3) is 0. The Hall–Kier alpha value is -2.01. The molecule has 2 N–H and O–H groups in total. The Balaban J connectivity index is 1.95. The fourth-order valence-electron chi connectivity index (χ4n) is 1.07. The Labute approximate surface area is 96.4 Å². The second-order valence-corrected chi connectivity index (χ2v) is 3.38. The summed E-state index contributed by atoms with van der Waals surface area (Å²) >= 11 is 5.69. The van der Waals surface area contributed by atoms with E-state index >= 15 is 0 Å². The van der Waals surface area contributed by atoms with E-state index in [9.17, 15) is 4.79 Å². The van der Waals surface area contributed by atoms with Gasteiger partial charge >= 0.3 is 6.09 Å². The van der Waals surface area contributed by atoms with Gasteiger partial charge < -0.3 is 4.74 Å². The number of carbonyl (C=O) groups is 1. The zero-order valence-corrected chi connectivity index (χ0v) is 8.86. The molecule has 2 aromatic rings. The first kappa shape index (κ1) is 10.5. The molecule has 1 heterocycles. The van der Waals surface area contributed by atoms with E-state index in [1.165, 1.54) is 6.20 Å². The molecule has 0 saturated carbocycles. The summed E-state index contributed by atoms with van der Waals surface area (Å²) in [5, 5.41) is 9.32. The van der Waals surface area contributed by atoms with Crippen LogP contribution in [0.25, 0.3) is 0 Å². The second kappa shape index (κ2) is 4.67. The van der Waals surface area contributed by atoms with E-state index in [1.54, 1.807) is 30.3 Å². The lowest BCUT2D eigenvalue weighted by atomic mass is 10.3. The molecule has 5 nitrogen and oxygen atoms in total. The number of nitrogens with zero attached hydrogens (tertiary/aromatic N) is 1. The Morgan fingerprint density at radius 3 is 2.69 bits per heavy atom. The number of hydrogen-bond acceptors (Lipinski definition) is 3. The predicted octanol–water partition coefficient (Wildman–Crippen LogP) is 2.67. The van der Waals surface area contributed by atoms with Crippen molar-refractivity contribution in [3.8, 4) is 5.75 Å². The van der Waals surface area contributed by atoms with Crippen LogP contribution < -0.4 is 10.1 Å². The third-order valence-corrected chi connectivity index (χ3v) is 2.01. The lowest BCUT2D eigenvalue weighted by molar-refractivity contribution is 0.215. The van der Waals surface area contributed by atoms with Crippen molar-refractivity contribution in [3.63, 3.8) is 0 Å². The first-order chi connectivity index (χ1) is 7.74. The van der Waals surface area contributed by atoms with Gasteiger partial charge in [-0.25, -0.2) is 4.79 Å². The minimum absolute atomic E-state index is 0.418. The van der Waals surface area contributed by atoms with E-state index in [-0.39, 0.29) is 0 Å². The van der Waals surface area contributed by atoms with Crippen LogP contribution in [0.1, 0.15) is 0 Å². The number of H-pyrrole nitrogens is 1. The van der Waals surface area contributed by atoms with E-state index in [0.29, 0.717) is 16.6 Å². The van der Waals surface area contributed by atoms with Gasteiger partial charge in [0.2, 0.25) is 0 Å². The van der Waals surface area contributed by atoms with E-state index in [0.717, 1.165) is 0 Å². The number of hydrogen-bond donors (Lipinski definition) is 2. The molecule has 6 heteroatoms. The summed E-state index contributed by atoms with van der Waals surface area (Å²) in [6.07, 6.45) is 0.935. The molecule has 82 valence electrons. The molecule has 0 radical (unpaired) electrons. The largest absolute Gasteiger partial charge is 0.418 e. The Morgan fingerprint density at radius 1 is 1.31 bits per heavy atom. The van der Waals surface area contributed by atoms with Gasteiger partial charge in [-0.3, -0.25) is 10.4 Å². The molecule has 16 heavy (non-hydrogen) atoms. The third kappa shape index (κ3) is 2.74. The normalized spacial score (nSPS) is 9.81. The summed E-state index contributed by atoms with van der Waals surface area (Å²) in [7, 11) is 0. The summed E-state index contributed by atoms with van der Waals surface area (Å²) < 4.78 is 4.99. The van der Waals surface area contributed by atoms with Crippen molar-refractivity contribution in [1.82, 2.24) is 10.2 Å². The van der Waals surface area contributed by atoms with Crippen LogP contribution in [0.5, 0.6) is 5.75 Å². The molecule has 0 fully saturated rings. The van der Waals surface area contributed by atoms with Gasteiger partial charge in [-0.2, -0.15) is 5.10 Å². The Kier molecular flexibility index (Phi) is 3.07. The molecule has 0 saturated heterocycles. The minimum Gasteiger partial charge on any atom is -0.410 e. The SMILES string of the molecule is O=C(Nc1ccn[nH]1)Oc1ccc(Cl)cc1. The summed E-state index contributed by atoms with van der Waals surface area (Å²) in [4.78, 5) is 11.4. The molecule has 0 aliphatic carbocycles. The van der Waals surface area contributed by atoms with Gasteiger partial charge in [-0.15, -0.1) is 0 Å². The minimum atomic E-state index is -0.591. The van der Waals surface area contributed by atoms with Crippen LogP contribution in [0.15, 0.2) is 36.5 Å². The smallest absolute Gasteiger partial charge is 0.410 e. The summed E-state index contributed by atoms with van der Waals surface area (Å²) in [6, 6.07) is 8.10.